The number of aryl methyl sites for hydroxylation is 1. The number of carbonyl (C=O) groups excluding carboxylic acids is 1. The standard InChI is InChI=1S/C18H24N2O2/c1-4-5-20-11-15(6-12(2)18(21)22-3)16-7-13-9-19-10-14(13)8-17(16)20/h7-8,11-12,19H,4-6,9-10H2,1-3H3. The largest absolute Gasteiger partial charge is 0.469 e. The van der Waals surface area contributed by atoms with Gasteiger partial charge in [-0.25, -0.2) is 0 Å². The van der Waals surface area contributed by atoms with E-state index in [1.165, 1.54) is 34.7 Å². The number of nitrogens with one attached hydrogen (secondary N) is 1. The van der Waals surface area contributed by atoms with E-state index in [1.807, 2.05) is 6.92 Å². The summed E-state index contributed by atoms with van der Waals surface area (Å²) in [6.45, 7) is 7.03. The maximum absolute atomic E-state index is 11.7. The molecule has 0 aliphatic carbocycles. The summed E-state index contributed by atoms with van der Waals surface area (Å²) in [4.78, 5) is 11.7. The van der Waals surface area contributed by atoms with Crippen LogP contribution in [0.15, 0.2) is 18.3 Å². The van der Waals surface area contributed by atoms with Gasteiger partial charge in [0.05, 0.1) is 13.0 Å². The van der Waals surface area contributed by atoms with Crippen molar-refractivity contribution in [2.45, 2.75) is 46.3 Å². The van der Waals surface area contributed by atoms with Crippen LogP contribution in [-0.4, -0.2) is 17.6 Å². The second-order valence-electron chi connectivity index (χ2n) is 6.22. The van der Waals surface area contributed by atoms with Gasteiger partial charge in [0, 0.05) is 36.7 Å². The van der Waals surface area contributed by atoms with Crippen molar-refractivity contribution in [2.24, 2.45) is 5.92 Å². The molecule has 1 unspecified atom stereocenters. The molecular weight excluding hydrogens is 276 g/mol. The highest BCUT2D eigenvalue weighted by Crippen LogP contribution is 2.29. The highest BCUT2D eigenvalue weighted by Gasteiger charge is 2.19. The number of methoxy groups -OCH3 is 1. The molecule has 22 heavy (non-hydrogen) atoms. The maximum atomic E-state index is 11.7. The molecule has 3 rings (SSSR count). The molecule has 0 saturated heterocycles. The maximum Gasteiger partial charge on any atom is 0.308 e. The summed E-state index contributed by atoms with van der Waals surface area (Å²) in [5.41, 5.74) is 5.32. The molecule has 1 aromatic carbocycles. The molecule has 1 atom stereocenters. The normalized spacial score (nSPS) is 15.0. The van der Waals surface area contributed by atoms with Crippen LogP contribution in [-0.2, 0) is 35.6 Å². The summed E-state index contributed by atoms with van der Waals surface area (Å²) in [6, 6.07) is 4.61. The molecule has 0 radical (unpaired) electrons. The minimum absolute atomic E-state index is 0.114. The molecule has 0 saturated carbocycles. The Balaban J connectivity index is 2.03. The summed E-state index contributed by atoms with van der Waals surface area (Å²) < 4.78 is 7.20. The van der Waals surface area contributed by atoms with E-state index in [1.54, 1.807) is 0 Å². The van der Waals surface area contributed by atoms with Gasteiger partial charge in [0.15, 0.2) is 0 Å². The molecule has 0 spiro atoms. The van der Waals surface area contributed by atoms with E-state index in [0.717, 1.165) is 32.5 Å². The molecule has 0 amide bonds. The number of benzene rings is 1. The lowest BCUT2D eigenvalue weighted by molar-refractivity contribution is -0.144. The lowest BCUT2D eigenvalue weighted by atomic mass is 9.99. The van der Waals surface area contributed by atoms with Gasteiger partial charge < -0.3 is 14.6 Å². The minimum atomic E-state index is -0.140. The molecule has 0 fully saturated rings. The topological polar surface area (TPSA) is 43.3 Å². The Labute approximate surface area is 131 Å². The molecule has 1 N–H and O–H groups in total. The number of aromatic nitrogens is 1. The lowest BCUT2D eigenvalue weighted by Crippen LogP contribution is -2.14. The van der Waals surface area contributed by atoms with Crippen molar-refractivity contribution >= 4 is 16.9 Å². The van der Waals surface area contributed by atoms with Crippen LogP contribution < -0.4 is 5.32 Å². The summed E-state index contributed by atoms with van der Waals surface area (Å²) >= 11 is 0. The second-order valence-corrected chi connectivity index (χ2v) is 6.22. The van der Waals surface area contributed by atoms with Crippen LogP contribution in [0, 0.1) is 5.92 Å². The monoisotopic (exact) mass is 300 g/mol. The average molecular weight is 300 g/mol. The quantitative estimate of drug-likeness (QED) is 0.863. The van der Waals surface area contributed by atoms with Gasteiger partial charge in [-0.1, -0.05) is 13.8 Å². The summed E-state index contributed by atoms with van der Waals surface area (Å²) in [5, 5.41) is 4.69. The Bertz CT molecular complexity index is 703. The van der Waals surface area contributed by atoms with E-state index in [2.05, 4.69) is 35.1 Å². The summed E-state index contributed by atoms with van der Waals surface area (Å²) in [6.07, 6.45) is 4.05. The van der Waals surface area contributed by atoms with Crippen molar-refractivity contribution in [3.8, 4) is 0 Å². The Morgan fingerprint density at radius 1 is 1.36 bits per heavy atom. The predicted octanol–water partition coefficient (Wildman–Crippen LogP) is 3.01. The Morgan fingerprint density at radius 3 is 2.77 bits per heavy atom. The first-order valence-electron chi connectivity index (χ1n) is 8.06. The van der Waals surface area contributed by atoms with Crippen LogP contribution in [0.2, 0.25) is 0 Å². The van der Waals surface area contributed by atoms with Crippen molar-refractivity contribution in [1.29, 1.82) is 0 Å². The fraction of sp³-hybridized carbons (Fsp3) is 0.500. The fourth-order valence-corrected chi connectivity index (χ4v) is 3.36. The van der Waals surface area contributed by atoms with E-state index in [-0.39, 0.29) is 11.9 Å². The smallest absolute Gasteiger partial charge is 0.308 e. The highest BCUT2D eigenvalue weighted by atomic mass is 16.5. The Hall–Kier alpha value is -1.81. The zero-order valence-corrected chi connectivity index (χ0v) is 13.6. The summed E-state index contributed by atoms with van der Waals surface area (Å²) in [5.74, 6) is -0.253. The van der Waals surface area contributed by atoms with Gasteiger partial charge in [-0.05, 0) is 41.7 Å². The van der Waals surface area contributed by atoms with Crippen LogP contribution in [0.3, 0.4) is 0 Å². The fourth-order valence-electron chi connectivity index (χ4n) is 3.36. The molecule has 2 aromatic rings. The summed E-state index contributed by atoms with van der Waals surface area (Å²) in [7, 11) is 1.46. The Morgan fingerprint density at radius 2 is 2.09 bits per heavy atom. The molecule has 1 aliphatic heterocycles. The molecule has 1 aromatic heterocycles. The van der Waals surface area contributed by atoms with E-state index in [4.69, 9.17) is 4.74 Å². The van der Waals surface area contributed by atoms with Gasteiger partial charge in [0.1, 0.15) is 0 Å². The third-order valence-electron chi connectivity index (χ3n) is 4.51. The zero-order chi connectivity index (χ0) is 15.7. The van der Waals surface area contributed by atoms with Crippen LogP contribution in [0.4, 0.5) is 0 Å². The first-order valence-corrected chi connectivity index (χ1v) is 8.06. The van der Waals surface area contributed by atoms with Crippen LogP contribution in [0.1, 0.15) is 37.0 Å². The first kappa shape index (κ1) is 15.1. The van der Waals surface area contributed by atoms with Crippen molar-refractivity contribution < 1.29 is 9.53 Å². The third-order valence-corrected chi connectivity index (χ3v) is 4.51. The molecule has 118 valence electrons. The van der Waals surface area contributed by atoms with E-state index in [9.17, 15) is 4.79 Å². The molecule has 4 heteroatoms. The molecular formula is C18H24N2O2. The average Bonchev–Trinajstić information content (AvgIpc) is 3.10. The molecule has 1 aliphatic rings. The first-order chi connectivity index (χ1) is 10.6. The Kier molecular flexibility index (Phi) is 4.21. The van der Waals surface area contributed by atoms with Gasteiger partial charge in [0.25, 0.3) is 0 Å². The number of hydrogen-bond donors (Lipinski definition) is 1. The van der Waals surface area contributed by atoms with Crippen LogP contribution in [0.25, 0.3) is 10.9 Å². The lowest BCUT2D eigenvalue weighted by Gasteiger charge is -2.08. The van der Waals surface area contributed by atoms with Crippen LogP contribution in [0.5, 0.6) is 0 Å². The van der Waals surface area contributed by atoms with Crippen LogP contribution >= 0.6 is 0 Å². The van der Waals surface area contributed by atoms with Crippen molar-refractivity contribution in [1.82, 2.24) is 9.88 Å². The molecule has 0 bridgehead atoms. The zero-order valence-electron chi connectivity index (χ0n) is 13.6. The van der Waals surface area contributed by atoms with Crippen molar-refractivity contribution in [3.05, 3.63) is 35.0 Å². The van der Waals surface area contributed by atoms with Gasteiger partial charge in [-0.15, -0.1) is 0 Å². The number of ether oxygens (including phenoxy) is 1. The number of carbonyl (C=O) groups is 1. The van der Waals surface area contributed by atoms with Gasteiger partial charge >= 0.3 is 5.97 Å². The van der Waals surface area contributed by atoms with Crippen molar-refractivity contribution in [2.75, 3.05) is 7.11 Å². The predicted molar refractivity (Wildman–Crippen MR) is 87.7 cm³/mol. The number of fused-ring (bicyclic) bond motifs is 2. The number of hydrogen-bond acceptors (Lipinski definition) is 3. The van der Waals surface area contributed by atoms with E-state index in [0.29, 0.717) is 0 Å². The minimum Gasteiger partial charge on any atom is -0.469 e. The van der Waals surface area contributed by atoms with Crippen molar-refractivity contribution in [3.63, 3.8) is 0 Å². The highest BCUT2D eigenvalue weighted by molar-refractivity contribution is 5.86. The third kappa shape index (κ3) is 2.63. The molecule has 2 heterocycles. The van der Waals surface area contributed by atoms with E-state index >= 15 is 0 Å². The number of nitrogens with zero attached hydrogens (tertiary/aromatic N) is 1. The van der Waals surface area contributed by atoms with Gasteiger partial charge in [-0.2, -0.15) is 0 Å². The van der Waals surface area contributed by atoms with Gasteiger partial charge in [0.2, 0.25) is 0 Å². The number of rotatable bonds is 5. The molecule has 4 nitrogen and oxygen atoms in total. The number of esters is 1. The SMILES string of the molecule is CCCn1cc(CC(C)C(=O)OC)c2cc3c(cc21)CNC3. The van der Waals surface area contributed by atoms with Gasteiger partial charge in [-0.3, -0.25) is 4.79 Å². The second kappa shape index (κ2) is 6.13. The van der Waals surface area contributed by atoms with E-state index < -0.39 is 0 Å².